The lowest BCUT2D eigenvalue weighted by Gasteiger charge is -2.22. The lowest BCUT2D eigenvalue weighted by atomic mass is 9.98. The van der Waals surface area contributed by atoms with E-state index in [1.807, 2.05) is 18.2 Å². The zero-order valence-corrected chi connectivity index (χ0v) is 11.8. The molecule has 1 amide bonds. The molecule has 4 nitrogen and oxygen atoms in total. The fourth-order valence-corrected chi connectivity index (χ4v) is 2.79. The van der Waals surface area contributed by atoms with Gasteiger partial charge in [0.05, 0.1) is 17.1 Å². The fourth-order valence-electron chi connectivity index (χ4n) is 2.56. The molecule has 1 aromatic carbocycles. The third-order valence-electron chi connectivity index (χ3n) is 3.60. The number of rotatable bonds is 2. The Hall–Kier alpha value is -1.65. The highest BCUT2D eigenvalue weighted by molar-refractivity contribution is 6.32. The summed E-state index contributed by atoms with van der Waals surface area (Å²) in [5.74, 6) is 0.0490. The number of carbonyl (C=O) groups is 1. The lowest BCUT2D eigenvalue weighted by molar-refractivity contribution is -0.120. The van der Waals surface area contributed by atoms with Crippen molar-refractivity contribution in [1.29, 1.82) is 0 Å². The van der Waals surface area contributed by atoms with Crippen LogP contribution in [-0.4, -0.2) is 24.0 Å². The van der Waals surface area contributed by atoms with Crippen molar-refractivity contribution in [3.63, 3.8) is 0 Å². The van der Waals surface area contributed by atoms with Crippen molar-refractivity contribution in [1.82, 2.24) is 10.3 Å². The Kier molecular flexibility index (Phi) is 3.85. The van der Waals surface area contributed by atoms with E-state index in [-0.39, 0.29) is 11.8 Å². The normalized spacial score (nSPS) is 18.9. The van der Waals surface area contributed by atoms with Gasteiger partial charge in [-0.1, -0.05) is 17.7 Å². The van der Waals surface area contributed by atoms with Crippen molar-refractivity contribution in [3.8, 4) is 0 Å². The van der Waals surface area contributed by atoms with Crippen LogP contribution in [0.15, 0.2) is 30.5 Å². The predicted octanol–water partition coefficient (Wildman–Crippen LogP) is 2.83. The summed E-state index contributed by atoms with van der Waals surface area (Å²) in [7, 11) is 0. The topological polar surface area (TPSA) is 54.0 Å². The van der Waals surface area contributed by atoms with Gasteiger partial charge in [0.15, 0.2) is 0 Å². The second-order valence-electron chi connectivity index (χ2n) is 5.06. The minimum absolute atomic E-state index is 0.0153. The molecule has 0 spiro atoms. The second kappa shape index (κ2) is 5.77. The summed E-state index contributed by atoms with van der Waals surface area (Å²) in [6, 6.07) is 7.40. The molecule has 0 aliphatic carbocycles. The molecule has 3 rings (SSSR count). The molecule has 1 aliphatic rings. The maximum atomic E-state index is 12.3. The van der Waals surface area contributed by atoms with E-state index in [1.54, 1.807) is 12.3 Å². The SMILES string of the molecule is O=C(Nc1cc(Cl)cc2cccnc12)C1CCCNC1. The summed E-state index contributed by atoms with van der Waals surface area (Å²) in [5.41, 5.74) is 1.46. The van der Waals surface area contributed by atoms with E-state index >= 15 is 0 Å². The highest BCUT2D eigenvalue weighted by atomic mass is 35.5. The van der Waals surface area contributed by atoms with E-state index < -0.39 is 0 Å². The van der Waals surface area contributed by atoms with Gasteiger partial charge in [-0.2, -0.15) is 0 Å². The largest absolute Gasteiger partial charge is 0.324 e. The molecule has 1 atom stereocenters. The molecule has 2 N–H and O–H groups in total. The number of nitrogens with one attached hydrogen (secondary N) is 2. The molecule has 1 saturated heterocycles. The first kappa shape index (κ1) is 13.3. The summed E-state index contributed by atoms with van der Waals surface area (Å²) in [5, 5.41) is 7.74. The first-order chi connectivity index (χ1) is 9.74. The van der Waals surface area contributed by atoms with Crippen molar-refractivity contribution in [3.05, 3.63) is 35.5 Å². The predicted molar refractivity (Wildman–Crippen MR) is 81.0 cm³/mol. The van der Waals surface area contributed by atoms with Crippen molar-refractivity contribution in [2.45, 2.75) is 12.8 Å². The minimum atomic E-state index is 0.0153. The van der Waals surface area contributed by atoms with Crippen LogP contribution in [0.4, 0.5) is 5.69 Å². The van der Waals surface area contributed by atoms with E-state index in [2.05, 4.69) is 15.6 Å². The van der Waals surface area contributed by atoms with Crippen molar-refractivity contribution in [2.24, 2.45) is 5.92 Å². The van der Waals surface area contributed by atoms with Crippen LogP contribution >= 0.6 is 11.6 Å². The van der Waals surface area contributed by atoms with Crippen molar-refractivity contribution in [2.75, 3.05) is 18.4 Å². The average Bonchev–Trinajstić information content (AvgIpc) is 2.48. The first-order valence-corrected chi connectivity index (χ1v) is 7.18. The first-order valence-electron chi connectivity index (χ1n) is 6.80. The van der Waals surface area contributed by atoms with E-state index in [1.165, 1.54) is 0 Å². The van der Waals surface area contributed by atoms with Gasteiger partial charge in [-0.3, -0.25) is 9.78 Å². The fraction of sp³-hybridized carbons (Fsp3) is 0.333. The Bertz CT molecular complexity index is 638. The molecule has 0 radical (unpaired) electrons. The number of piperidine rings is 1. The summed E-state index contributed by atoms with van der Waals surface area (Å²) < 4.78 is 0. The Morgan fingerprint density at radius 1 is 1.45 bits per heavy atom. The summed E-state index contributed by atoms with van der Waals surface area (Å²) in [6.07, 6.45) is 3.67. The highest BCUT2D eigenvalue weighted by Gasteiger charge is 2.21. The van der Waals surface area contributed by atoms with E-state index in [9.17, 15) is 4.79 Å². The van der Waals surface area contributed by atoms with Crippen molar-refractivity contribution < 1.29 is 4.79 Å². The molecule has 5 heteroatoms. The molecule has 0 bridgehead atoms. The zero-order valence-electron chi connectivity index (χ0n) is 11.0. The lowest BCUT2D eigenvalue weighted by Crippen LogP contribution is -2.37. The van der Waals surface area contributed by atoms with E-state index in [0.717, 1.165) is 36.8 Å². The van der Waals surface area contributed by atoms with Gasteiger partial charge in [0.25, 0.3) is 0 Å². The number of aromatic nitrogens is 1. The number of amides is 1. The quantitative estimate of drug-likeness (QED) is 0.894. The Balaban J connectivity index is 1.88. The number of anilines is 1. The number of pyridine rings is 1. The standard InChI is InChI=1S/C15H16ClN3O/c16-12-7-10-3-2-6-18-14(10)13(8-12)19-15(20)11-4-1-5-17-9-11/h2-3,6-8,11,17H,1,4-5,9H2,(H,19,20). The third kappa shape index (κ3) is 2.76. The number of hydrogen-bond donors (Lipinski definition) is 2. The van der Waals surface area contributed by atoms with Crippen LogP contribution in [0, 0.1) is 5.92 Å². The number of hydrogen-bond acceptors (Lipinski definition) is 3. The van der Waals surface area contributed by atoms with Crippen LogP contribution in [0.5, 0.6) is 0 Å². The smallest absolute Gasteiger partial charge is 0.228 e. The van der Waals surface area contributed by atoms with Gasteiger partial charge in [0.1, 0.15) is 0 Å². The average molecular weight is 290 g/mol. The van der Waals surface area contributed by atoms with Gasteiger partial charge >= 0.3 is 0 Å². The molecule has 2 heterocycles. The van der Waals surface area contributed by atoms with Gasteiger partial charge in [-0.15, -0.1) is 0 Å². The molecule has 20 heavy (non-hydrogen) atoms. The van der Waals surface area contributed by atoms with Gasteiger partial charge in [0, 0.05) is 23.2 Å². The Morgan fingerprint density at radius 3 is 3.15 bits per heavy atom. The molecule has 1 fully saturated rings. The van der Waals surface area contributed by atoms with E-state index in [0.29, 0.717) is 10.7 Å². The second-order valence-corrected chi connectivity index (χ2v) is 5.50. The third-order valence-corrected chi connectivity index (χ3v) is 3.81. The van der Waals surface area contributed by atoms with Gasteiger partial charge in [-0.25, -0.2) is 0 Å². The van der Waals surface area contributed by atoms with Gasteiger partial charge in [0.2, 0.25) is 5.91 Å². The van der Waals surface area contributed by atoms with Crippen molar-refractivity contribution >= 4 is 34.1 Å². The van der Waals surface area contributed by atoms with Gasteiger partial charge < -0.3 is 10.6 Å². The molecular weight excluding hydrogens is 274 g/mol. The maximum absolute atomic E-state index is 12.3. The van der Waals surface area contributed by atoms with E-state index in [4.69, 9.17) is 11.6 Å². The number of carbonyl (C=O) groups excluding carboxylic acids is 1. The van der Waals surface area contributed by atoms with Crippen LogP contribution in [0.1, 0.15) is 12.8 Å². The minimum Gasteiger partial charge on any atom is -0.324 e. The molecular formula is C15H16ClN3O. The molecule has 2 aromatic rings. The number of benzene rings is 1. The summed E-state index contributed by atoms with van der Waals surface area (Å²) >= 11 is 6.10. The highest BCUT2D eigenvalue weighted by Crippen LogP contribution is 2.27. The van der Waals surface area contributed by atoms with Crippen LogP contribution in [0.2, 0.25) is 5.02 Å². The Labute approximate surface area is 122 Å². The molecule has 104 valence electrons. The molecule has 0 saturated carbocycles. The van der Waals surface area contributed by atoms with Gasteiger partial charge in [-0.05, 0) is 37.6 Å². The van der Waals surface area contributed by atoms with Crippen LogP contribution < -0.4 is 10.6 Å². The van der Waals surface area contributed by atoms with Crippen LogP contribution in [-0.2, 0) is 4.79 Å². The molecule has 1 unspecified atom stereocenters. The zero-order chi connectivity index (χ0) is 13.9. The number of halogens is 1. The molecule has 1 aromatic heterocycles. The number of nitrogens with zero attached hydrogens (tertiary/aromatic N) is 1. The monoisotopic (exact) mass is 289 g/mol. The Morgan fingerprint density at radius 2 is 2.35 bits per heavy atom. The molecule has 1 aliphatic heterocycles. The van der Waals surface area contributed by atoms with Crippen LogP contribution in [0.3, 0.4) is 0 Å². The summed E-state index contributed by atoms with van der Waals surface area (Å²) in [4.78, 5) is 16.6. The van der Waals surface area contributed by atoms with Crippen LogP contribution in [0.25, 0.3) is 10.9 Å². The maximum Gasteiger partial charge on any atom is 0.228 e. The number of fused-ring (bicyclic) bond motifs is 1. The summed E-state index contributed by atoms with van der Waals surface area (Å²) in [6.45, 7) is 1.73.